The first-order valence-corrected chi connectivity index (χ1v) is 6.41. The fourth-order valence-corrected chi connectivity index (χ4v) is 2.67. The lowest BCUT2D eigenvalue weighted by atomic mass is 9.77. The molecule has 0 radical (unpaired) electrons. The topological polar surface area (TPSA) is 42.0 Å². The van der Waals surface area contributed by atoms with Crippen LogP contribution in [0.15, 0.2) is 24.4 Å². The molecule has 1 aliphatic heterocycles. The maximum absolute atomic E-state index is 12.4. The van der Waals surface area contributed by atoms with Crippen molar-refractivity contribution < 1.29 is 4.79 Å². The molecule has 2 heterocycles. The number of aromatic nitrogens is 1. The van der Waals surface area contributed by atoms with Crippen LogP contribution in [0.3, 0.4) is 0 Å². The molecule has 3 nitrogen and oxygen atoms in total. The lowest BCUT2D eigenvalue weighted by Crippen LogP contribution is -2.34. The average molecular weight is 232 g/mol. The molecule has 0 saturated carbocycles. The van der Waals surface area contributed by atoms with Gasteiger partial charge >= 0.3 is 0 Å². The molecule has 92 valence electrons. The van der Waals surface area contributed by atoms with Crippen molar-refractivity contribution in [3.8, 4) is 0 Å². The number of pyridine rings is 1. The first-order chi connectivity index (χ1) is 8.27. The van der Waals surface area contributed by atoms with E-state index < -0.39 is 0 Å². The molecule has 1 atom stereocenters. The Morgan fingerprint density at radius 2 is 2.41 bits per heavy atom. The molecule has 1 unspecified atom stereocenters. The number of nitrogens with zero attached hydrogens (tertiary/aromatic N) is 1. The Morgan fingerprint density at radius 3 is 3.00 bits per heavy atom. The summed E-state index contributed by atoms with van der Waals surface area (Å²) in [6, 6.07) is 5.75. The summed E-state index contributed by atoms with van der Waals surface area (Å²) in [4.78, 5) is 16.7. The van der Waals surface area contributed by atoms with Gasteiger partial charge in [0.25, 0.3) is 0 Å². The van der Waals surface area contributed by atoms with Gasteiger partial charge in [-0.2, -0.15) is 0 Å². The lowest BCUT2D eigenvalue weighted by Gasteiger charge is -2.25. The minimum atomic E-state index is -0.133. The molecule has 0 spiro atoms. The Morgan fingerprint density at radius 1 is 1.53 bits per heavy atom. The maximum Gasteiger partial charge on any atom is 0.146 e. The number of hydrogen-bond acceptors (Lipinski definition) is 3. The first-order valence-electron chi connectivity index (χ1n) is 6.41. The van der Waals surface area contributed by atoms with Crippen LogP contribution in [-0.4, -0.2) is 23.9 Å². The number of hydrogen-bond donors (Lipinski definition) is 1. The number of Topliss-reactive ketones (excluding diaryl/α,β-unsaturated/α-hetero) is 1. The summed E-state index contributed by atoms with van der Waals surface area (Å²) >= 11 is 0. The van der Waals surface area contributed by atoms with Crippen LogP contribution >= 0.6 is 0 Å². The van der Waals surface area contributed by atoms with Crippen LogP contribution in [0, 0.1) is 5.41 Å². The van der Waals surface area contributed by atoms with Crippen molar-refractivity contribution >= 4 is 5.78 Å². The molecule has 1 aromatic heterocycles. The summed E-state index contributed by atoms with van der Waals surface area (Å²) in [5, 5.41) is 3.32. The van der Waals surface area contributed by atoms with E-state index in [-0.39, 0.29) is 5.41 Å². The number of rotatable bonds is 5. The largest absolute Gasteiger partial charge is 0.316 e. The Kier molecular flexibility index (Phi) is 3.89. The molecular formula is C14H20N2O. The SMILES string of the molecule is CCCC1(C(=O)Cc2ccccn2)CCNC1. The summed E-state index contributed by atoms with van der Waals surface area (Å²) in [6.45, 7) is 3.95. The van der Waals surface area contributed by atoms with Gasteiger partial charge in [0.2, 0.25) is 0 Å². The van der Waals surface area contributed by atoms with E-state index in [4.69, 9.17) is 0 Å². The van der Waals surface area contributed by atoms with Crippen molar-refractivity contribution in [3.63, 3.8) is 0 Å². The fourth-order valence-electron chi connectivity index (χ4n) is 2.67. The van der Waals surface area contributed by atoms with Crippen molar-refractivity contribution in [2.75, 3.05) is 13.1 Å². The van der Waals surface area contributed by atoms with Gasteiger partial charge in [-0.1, -0.05) is 19.4 Å². The van der Waals surface area contributed by atoms with Gasteiger partial charge in [-0.3, -0.25) is 9.78 Å². The monoisotopic (exact) mass is 232 g/mol. The molecule has 0 amide bonds. The van der Waals surface area contributed by atoms with E-state index in [1.807, 2.05) is 18.2 Å². The molecule has 0 aliphatic carbocycles. The predicted molar refractivity (Wildman–Crippen MR) is 67.8 cm³/mol. The Balaban J connectivity index is 2.07. The quantitative estimate of drug-likeness (QED) is 0.844. The van der Waals surface area contributed by atoms with E-state index in [2.05, 4.69) is 17.2 Å². The third-order valence-corrected chi connectivity index (χ3v) is 3.63. The van der Waals surface area contributed by atoms with Crippen LogP contribution in [0.1, 0.15) is 31.9 Å². The van der Waals surface area contributed by atoms with E-state index >= 15 is 0 Å². The van der Waals surface area contributed by atoms with Gasteiger partial charge in [-0.05, 0) is 31.5 Å². The van der Waals surface area contributed by atoms with E-state index in [1.54, 1.807) is 6.20 Å². The van der Waals surface area contributed by atoms with Gasteiger partial charge < -0.3 is 5.32 Å². The molecule has 3 heteroatoms. The van der Waals surface area contributed by atoms with E-state index in [1.165, 1.54) is 0 Å². The van der Waals surface area contributed by atoms with E-state index in [0.717, 1.165) is 38.0 Å². The fraction of sp³-hybridized carbons (Fsp3) is 0.571. The summed E-state index contributed by atoms with van der Waals surface area (Å²) in [5.41, 5.74) is 0.756. The van der Waals surface area contributed by atoms with Gasteiger partial charge in [0.15, 0.2) is 0 Å². The van der Waals surface area contributed by atoms with Crippen LogP contribution in [0.4, 0.5) is 0 Å². The van der Waals surface area contributed by atoms with Gasteiger partial charge in [0.05, 0.1) is 0 Å². The summed E-state index contributed by atoms with van der Waals surface area (Å²) in [6.07, 6.45) is 5.26. The second-order valence-corrected chi connectivity index (χ2v) is 4.88. The number of carbonyl (C=O) groups excluding carboxylic acids is 1. The standard InChI is InChI=1S/C14H20N2O/c1-2-6-14(7-9-15-11-14)13(17)10-12-5-3-4-8-16-12/h3-5,8,15H,2,6-7,9-11H2,1H3. The van der Waals surface area contributed by atoms with Crippen LogP contribution in [0.2, 0.25) is 0 Å². The third-order valence-electron chi connectivity index (χ3n) is 3.63. The molecule has 17 heavy (non-hydrogen) atoms. The van der Waals surface area contributed by atoms with Crippen molar-refractivity contribution in [3.05, 3.63) is 30.1 Å². The third kappa shape index (κ3) is 2.72. The van der Waals surface area contributed by atoms with Crippen molar-refractivity contribution in [2.24, 2.45) is 5.41 Å². The molecule has 1 N–H and O–H groups in total. The predicted octanol–water partition coefficient (Wildman–Crippen LogP) is 1.97. The summed E-state index contributed by atoms with van der Waals surface area (Å²) in [7, 11) is 0. The van der Waals surface area contributed by atoms with Crippen molar-refractivity contribution in [2.45, 2.75) is 32.6 Å². The summed E-state index contributed by atoms with van der Waals surface area (Å²) < 4.78 is 0. The molecule has 1 aliphatic rings. The maximum atomic E-state index is 12.4. The minimum Gasteiger partial charge on any atom is -0.316 e. The first kappa shape index (κ1) is 12.2. The van der Waals surface area contributed by atoms with Gasteiger partial charge in [0.1, 0.15) is 5.78 Å². The van der Waals surface area contributed by atoms with Crippen LogP contribution in [-0.2, 0) is 11.2 Å². The highest BCUT2D eigenvalue weighted by atomic mass is 16.1. The minimum absolute atomic E-state index is 0.133. The van der Waals surface area contributed by atoms with E-state index in [9.17, 15) is 4.79 Å². The number of ketones is 1. The Hall–Kier alpha value is -1.22. The zero-order valence-electron chi connectivity index (χ0n) is 10.4. The van der Waals surface area contributed by atoms with E-state index in [0.29, 0.717) is 12.2 Å². The van der Waals surface area contributed by atoms with Gasteiger partial charge in [-0.25, -0.2) is 0 Å². The van der Waals surface area contributed by atoms with Gasteiger partial charge in [0, 0.05) is 30.3 Å². The smallest absolute Gasteiger partial charge is 0.146 e. The highest BCUT2D eigenvalue weighted by molar-refractivity contribution is 5.87. The average Bonchev–Trinajstić information content (AvgIpc) is 2.81. The zero-order valence-corrected chi connectivity index (χ0v) is 10.4. The van der Waals surface area contributed by atoms with Gasteiger partial charge in [-0.15, -0.1) is 0 Å². The second-order valence-electron chi connectivity index (χ2n) is 4.88. The molecule has 1 fully saturated rings. The molecule has 0 aromatic carbocycles. The van der Waals surface area contributed by atoms with Crippen LogP contribution in [0.5, 0.6) is 0 Å². The van der Waals surface area contributed by atoms with Crippen LogP contribution < -0.4 is 5.32 Å². The Bertz CT molecular complexity index is 369. The number of nitrogens with one attached hydrogen (secondary N) is 1. The molecule has 1 aromatic rings. The molecule has 0 bridgehead atoms. The second kappa shape index (κ2) is 5.41. The molecular weight excluding hydrogens is 212 g/mol. The van der Waals surface area contributed by atoms with Crippen LogP contribution in [0.25, 0.3) is 0 Å². The highest BCUT2D eigenvalue weighted by Gasteiger charge is 2.39. The lowest BCUT2D eigenvalue weighted by molar-refractivity contribution is -0.127. The highest BCUT2D eigenvalue weighted by Crippen LogP contribution is 2.33. The summed E-state index contributed by atoms with van der Waals surface area (Å²) in [5.74, 6) is 0.350. The Labute approximate surface area is 103 Å². The van der Waals surface area contributed by atoms with Crippen molar-refractivity contribution in [1.82, 2.24) is 10.3 Å². The zero-order chi connectivity index (χ0) is 12.1. The molecule has 1 saturated heterocycles. The number of carbonyl (C=O) groups is 1. The van der Waals surface area contributed by atoms with Crippen molar-refractivity contribution in [1.29, 1.82) is 0 Å². The molecule has 2 rings (SSSR count). The normalized spacial score (nSPS) is 23.8.